The third-order valence-electron chi connectivity index (χ3n) is 3.56. The molecule has 27 heavy (non-hydrogen) atoms. The molecule has 2 rings (SSSR count). The van der Waals surface area contributed by atoms with Gasteiger partial charge in [0.05, 0.1) is 22.6 Å². The molecular formula is C17H21FN2O5S2. The van der Waals surface area contributed by atoms with Crippen LogP contribution in [0.5, 0.6) is 5.75 Å². The Morgan fingerprint density at radius 2 is 1.56 bits per heavy atom. The highest BCUT2D eigenvalue weighted by atomic mass is 32.2. The van der Waals surface area contributed by atoms with Crippen molar-refractivity contribution < 1.29 is 26.0 Å². The second-order valence-corrected chi connectivity index (χ2v) is 9.55. The lowest BCUT2D eigenvalue weighted by Gasteiger charge is -2.15. The first kappa shape index (κ1) is 21.1. The molecule has 0 saturated carbocycles. The molecule has 0 saturated heterocycles. The summed E-state index contributed by atoms with van der Waals surface area (Å²) in [7, 11) is -6.58. The number of sulfonamides is 2. The predicted octanol–water partition coefficient (Wildman–Crippen LogP) is 2.63. The molecule has 2 N–H and O–H groups in total. The van der Waals surface area contributed by atoms with Gasteiger partial charge in [0.2, 0.25) is 10.0 Å². The van der Waals surface area contributed by atoms with Crippen molar-refractivity contribution in [3.63, 3.8) is 0 Å². The fourth-order valence-electron chi connectivity index (χ4n) is 2.30. The molecule has 0 bridgehead atoms. The number of hydrogen-bond acceptors (Lipinski definition) is 5. The second kappa shape index (κ2) is 7.83. The van der Waals surface area contributed by atoms with E-state index in [-0.39, 0.29) is 32.8 Å². The van der Waals surface area contributed by atoms with Crippen LogP contribution in [0.3, 0.4) is 0 Å². The summed E-state index contributed by atoms with van der Waals surface area (Å²) >= 11 is 0. The van der Waals surface area contributed by atoms with E-state index in [1.165, 1.54) is 32.2 Å². The Morgan fingerprint density at radius 3 is 2.11 bits per heavy atom. The molecule has 7 nitrogen and oxygen atoms in total. The number of rotatable bonds is 7. The average Bonchev–Trinajstić information content (AvgIpc) is 2.55. The fourth-order valence-corrected chi connectivity index (χ4v) is 4.72. The maximum Gasteiger partial charge on any atom is 0.262 e. The van der Waals surface area contributed by atoms with E-state index in [4.69, 9.17) is 4.74 Å². The third kappa shape index (κ3) is 4.96. The van der Waals surface area contributed by atoms with Crippen molar-refractivity contribution in [1.29, 1.82) is 0 Å². The van der Waals surface area contributed by atoms with E-state index in [0.717, 1.165) is 18.2 Å². The van der Waals surface area contributed by atoms with Gasteiger partial charge in [-0.1, -0.05) is 0 Å². The van der Waals surface area contributed by atoms with Gasteiger partial charge in [-0.3, -0.25) is 4.72 Å². The number of ether oxygens (including phenoxy) is 1. The monoisotopic (exact) mass is 416 g/mol. The number of nitrogens with one attached hydrogen (secondary N) is 2. The largest absolute Gasteiger partial charge is 0.495 e. The number of methoxy groups -OCH3 is 1. The molecule has 0 radical (unpaired) electrons. The summed E-state index contributed by atoms with van der Waals surface area (Å²) in [5, 5.41) is 0. The van der Waals surface area contributed by atoms with Crippen molar-refractivity contribution in [3.8, 4) is 5.75 Å². The van der Waals surface area contributed by atoms with E-state index in [2.05, 4.69) is 9.44 Å². The van der Waals surface area contributed by atoms with Gasteiger partial charge in [0.15, 0.2) is 0 Å². The van der Waals surface area contributed by atoms with E-state index in [1.54, 1.807) is 13.8 Å². The zero-order chi connectivity index (χ0) is 20.4. The number of halogens is 1. The Morgan fingerprint density at radius 1 is 0.963 bits per heavy atom. The van der Waals surface area contributed by atoms with Crippen molar-refractivity contribution in [3.05, 3.63) is 47.8 Å². The molecule has 0 fully saturated rings. The quantitative estimate of drug-likeness (QED) is 0.723. The molecule has 0 aliphatic heterocycles. The molecule has 0 unspecified atom stereocenters. The molecule has 0 aliphatic carbocycles. The van der Waals surface area contributed by atoms with Gasteiger partial charge in [-0.05, 0) is 62.7 Å². The first-order valence-corrected chi connectivity index (χ1v) is 10.9. The summed E-state index contributed by atoms with van der Waals surface area (Å²) in [6.45, 7) is 4.78. The summed E-state index contributed by atoms with van der Waals surface area (Å²) in [6.07, 6.45) is 0. The van der Waals surface area contributed by atoms with E-state index < -0.39 is 25.9 Å². The molecule has 10 heteroatoms. The van der Waals surface area contributed by atoms with Gasteiger partial charge in [0.1, 0.15) is 11.6 Å². The topological polar surface area (TPSA) is 102 Å². The van der Waals surface area contributed by atoms with Crippen LogP contribution in [-0.4, -0.2) is 30.0 Å². The molecule has 0 heterocycles. The van der Waals surface area contributed by atoms with Crippen LogP contribution in [-0.2, 0) is 20.0 Å². The Bertz CT molecular complexity index is 1050. The average molecular weight is 416 g/mol. The van der Waals surface area contributed by atoms with Gasteiger partial charge in [-0.25, -0.2) is 25.9 Å². The Kier molecular flexibility index (Phi) is 6.13. The van der Waals surface area contributed by atoms with Crippen LogP contribution in [0.1, 0.15) is 19.4 Å². The van der Waals surface area contributed by atoms with Gasteiger partial charge in [0, 0.05) is 6.04 Å². The van der Waals surface area contributed by atoms with Crippen molar-refractivity contribution >= 4 is 25.7 Å². The first-order valence-electron chi connectivity index (χ1n) is 7.95. The lowest BCUT2D eigenvalue weighted by Crippen LogP contribution is -2.30. The minimum atomic E-state index is -4.08. The van der Waals surface area contributed by atoms with Gasteiger partial charge in [0.25, 0.3) is 10.0 Å². The smallest absolute Gasteiger partial charge is 0.262 e. The highest BCUT2D eigenvalue weighted by molar-refractivity contribution is 7.92. The molecule has 0 spiro atoms. The molecule has 0 aliphatic rings. The standard InChI is InChI=1S/C17H21FN2O5S2/c1-11(2)19-26(21,22)14-6-8-17(25-4)16(10-14)20-27(23,24)13-5-7-15(18)12(3)9-13/h5-11,19-20H,1-4H3. The number of aryl methyl sites for hydroxylation is 1. The van der Waals surface area contributed by atoms with E-state index in [1.807, 2.05) is 0 Å². The summed E-state index contributed by atoms with van der Waals surface area (Å²) in [4.78, 5) is -0.276. The minimum Gasteiger partial charge on any atom is -0.495 e. The summed E-state index contributed by atoms with van der Waals surface area (Å²) in [6, 6.07) is 6.85. The predicted molar refractivity (Wildman–Crippen MR) is 100 cm³/mol. The number of anilines is 1. The van der Waals surface area contributed by atoms with Gasteiger partial charge in [-0.15, -0.1) is 0 Å². The lowest BCUT2D eigenvalue weighted by atomic mass is 10.2. The Balaban J connectivity index is 2.47. The normalized spacial score (nSPS) is 12.2. The molecule has 148 valence electrons. The molecule has 2 aromatic carbocycles. The van der Waals surface area contributed by atoms with Crippen LogP contribution in [0.25, 0.3) is 0 Å². The van der Waals surface area contributed by atoms with E-state index in [9.17, 15) is 21.2 Å². The lowest BCUT2D eigenvalue weighted by molar-refractivity contribution is 0.416. The summed E-state index contributed by atoms with van der Waals surface area (Å²) in [5.74, 6) is -0.389. The SMILES string of the molecule is COc1ccc(S(=O)(=O)NC(C)C)cc1NS(=O)(=O)c1ccc(F)c(C)c1. The van der Waals surface area contributed by atoms with Crippen LogP contribution < -0.4 is 14.2 Å². The van der Waals surface area contributed by atoms with Crippen molar-refractivity contribution in [2.24, 2.45) is 0 Å². The highest BCUT2D eigenvalue weighted by Crippen LogP contribution is 2.30. The molecular weight excluding hydrogens is 395 g/mol. The fraction of sp³-hybridized carbons (Fsp3) is 0.294. The maximum atomic E-state index is 13.4. The van der Waals surface area contributed by atoms with E-state index in [0.29, 0.717) is 0 Å². The van der Waals surface area contributed by atoms with Crippen LogP contribution in [0.2, 0.25) is 0 Å². The summed E-state index contributed by atoms with van der Waals surface area (Å²) in [5.41, 5.74) is 0.119. The number of hydrogen-bond donors (Lipinski definition) is 2. The third-order valence-corrected chi connectivity index (χ3v) is 6.58. The van der Waals surface area contributed by atoms with Gasteiger partial charge in [-0.2, -0.15) is 0 Å². The zero-order valence-electron chi connectivity index (χ0n) is 15.3. The maximum absolute atomic E-state index is 13.4. The van der Waals surface area contributed by atoms with Crippen LogP contribution in [0, 0.1) is 12.7 Å². The first-order chi connectivity index (χ1) is 12.5. The molecule has 0 atom stereocenters. The Labute approximate surface area is 158 Å². The van der Waals surface area contributed by atoms with E-state index >= 15 is 0 Å². The Hall–Kier alpha value is -2.17. The van der Waals surface area contributed by atoms with Crippen LogP contribution >= 0.6 is 0 Å². The van der Waals surface area contributed by atoms with Crippen LogP contribution in [0.15, 0.2) is 46.2 Å². The van der Waals surface area contributed by atoms with Gasteiger partial charge < -0.3 is 4.74 Å². The van der Waals surface area contributed by atoms with Crippen molar-refractivity contribution in [2.45, 2.75) is 36.6 Å². The second-order valence-electron chi connectivity index (χ2n) is 6.15. The minimum absolute atomic E-state index is 0.0499. The van der Waals surface area contributed by atoms with Crippen LogP contribution in [0.4, 0.5) is 10.1 Å². The number of benzene rings is 2. The molecule has 0 amide bonds. The van der Waals surface area contributed by atoms with Gasteiger partial charge >= 0.3 is 0 Å². The molecule has 2 aromatic rings. The van der Waals surface area contributed by atoms with Crippen molar-refractivity contribution in [1.82, 2.24) is 4.72 Å². The zero-order valence-corrected chi connectivity index (χ0v) is 16.9. The van der Waals surface area contributed by atoms with Crippen molar-refractivity contribution in [2.75, 3.05) is 11.8 Å². The highest BCUT2D eigenvalue weighted by Gasteiger charge is 2.21. The summed E-state index contributed by atoms with van der Waals surface area (Å²) < 4.78 is 73.2. The molecule has 0 aromatic heterocycles.